The summed E-state index contributed by atoms with van der Waals surface area (Å²) in [6.07, 6.45) is 0. The van der Waals surface area contributed by atoms with Gasteiger partial charge in [0.1, 0.15) is 5.75 Å². The van der Waals surface area contributed by atoms with E-state index in [2.05, 4.69) is 0 Å². The Balaban J connectivity index is 1.23. The lowest BCUT2D eigenvalue weighted by molar-refractivity contribution is 0.0692. The lowest BCUT2D eigenvalue weighted by Crippen LogP contribution is -2.29. The van der Waals surface area contributed by atoms with Crippen molar-refractivity contribution in [3.05, 3.63) is 124 Å². The summed E-state index contributed by atoms with van der Waals surface area (Å²) in [7, 11) is 1.37. The van der Waals surface area contributed by atoms with E-state index in [0.29, 0.717) is 10.6 Å². The van der Waals surface area contributed by atoms with Crippen LogP contribution in [-0.2, 0) is 11.1 Å². The number of aryl methyl sites for hydroxylation is 1. The van der Waals surface area contributed by atoms with Crippen LogP contribution in [0.15, 0.2) is 89.8 Å². The second kappa shape index (κ2) is 9.76. The van der Waals surface area contributed by atoms with Crippen molar-refractivity contribution in [2.45, 2.75) is 11.8 Å². The van der Waals surface area contributed by atoms with Crippen LogP contribution in [0.4, 0.5) is 5.69 Å². The summed E-state index contributed by atoms with van der Waals surface area (Å²) in [5.41, 5.74) is 2.18. The highest BCUT2D eigenvalue weighted by Gasteiger charge is 2.38. The van der Waals surface area contributed by atoms with Crippen LogP contribution in [0.1, 0.15) is 62.9 Å². The van der Waals surface area contributed by atoms with Crippen molar-refractivity contribution in [3.63, 3.8) is 0 Å². The van der Waals surface area contributed by atoms with Gasteiger partial charge in [0.15, 0.2) is 5.78 Å². The minimum atomic E-state index is -1.81. The Morgan fingerprint density at radius 3 is 1.78 bits per heavy atom. The Hall–Kier alpha value is -5.22. The summed E-state index contributed by atoms with van der Waals surface area (Å²) in [6.45, 7) is 1.93. The minimum Gasteiger partial charge on any atom is -0.397 e. The number of rotatable bonds is 6. The second-order valence-corrected chi connectivity index (χ2v) is 10.7. The Kier molecular flexibility index (Phi) is 6.19. The summed E-state index contributed by atoms with van der Waals surface area (Å²) in [5, 5.41) is 0. The normalized spacial score (nSPS) is 14.8. The number of fused-ring (bicyclic) bond motifs is 2. The van der Waals surface area contributed by atoms with Gasteiger partial charge in [-0.15, -0.1) is 0 Å². The Labute approximate surface area is 236 Å². The van der Waals surface area contributed by atoms with Crippen LogP contribution in [0, 0.1) is 6.92 Å². The molecule has 0 saturated carbocycles. The summed E-state index contributed by atoms with van der Waals surface area (Å²) in [4.78, 5) is 66.5. The van der Waals surface area contributed by atoms with Gasteiger partial charge in [-0.05, 0) is 67.6 Å². The maximum absolute atomic E-state index is 13.3. The first-order chi connectivity index (χ1) is 19.6. The molecule has 0 N–H and O–H groups in total. The van der Waals surface area contributed by atoms with Crippen LogP contribution < -0.4 is 9.08 Å². The number of benzene rings is 4. The molecule has 0 aliphatic carbocycles. The Morgan fingerprint density at radius 2 is 1.17 bits per heavy atom. The molecule has 0 radical (unpaired) electrons. The molecule has 0 fully saturated rings. The van der Waals surface area contributed by atoms with Crippen molar-refractivity contribution < 1.29 is 32.4 Å². The molecule has 2 aliphatic heterocycles. The van der Waals surface area contributed by atoms with E-state index in [-0.39, 0.29) is 39.1 Å². The number of imide groups is 2. The van der Waals surface area contributed by atoms with Crippen molar-refractivity contribution >= 4 is 46.2 Å². The number of hydrogen-bond acceptors (Lipinski definition) is 7. The van der Waals surface area contributed by atoms with Crippen LogP contribution >= 0.6 is 0 Å². The van der Waals surface area contributed by atoms with E-state index in [1.807, 2.05) is 19.1 Å². The number of carbonyl (C=O) groups excluding carboxylic acids is 5. The SMILES string of the molecule is Cc1ccc(OS(=O)c2ccc(N3C(=O)c4ccc(C(=O)c5ccc6c(c5)C(=O)N(C)C6=O)cc4C3=O)cc2)cc1. The Bertz CT molecular complexity index is 1850. The third-order valence-electron chi connectivity index (χ3n) is 6.98. The standard InChI is InChI=1S/C31H20N2O7S/c1-17-3-9-21(10-4-17)40-41(39)22-11-7-20(8-12-22)33-30(37)24-14-6-19(16-26(24)31(33)38)27(34)18-5-13-23-25(15-18)29(36)32(2)28(23)35/h3-16H,1-2H3. The Morgan fingerprint density at radius 1 is 0.659 bits per heavy atom. The highest BCUT2D eigenvalue weighted by molar-refractivity contribution is 7.80. The van der Waals surface area contributed by atoms with Crippen LogP contribution in [0.25, 0.3) is 0 Å². The first-order valence-electron chi connectivity index (χ1n) is 12.4. The fraction of sp³-hybridized carbons (Fsp3) is 0.0645. The third-order valence-corrected chi connectivity index (χ3v) is 7.98. The van der Waals surface area contributed by atoms with Gasteiger partial charge in [0, 0.05) is 18.2 Å². The number of carbonyl (C=O) groups is 5. The molecule has 4 aromatic carbocycles. The summed E-state index contributed by atoms with van der Waals surface area (Å²) in [5.74, 6) is -2.13. The molecule has 0 saturated heterocycles. The number of anilines is 1. The third kappa shape index (κ3) is 4.34. The molecule has 6 rings (SSSR count). The van der Waals surface area contributed by atoms with E-state index in [0.717, 1.165) is 15.4 Å². The van der Waals surface area contributed by atoms with E-state index in [1.54, 1.807) is 12.1 Å². The molecule has 0 bridgehead atoms. The molecule has 0 aromatic heterocycles. The average molecular weight is 565 g/mol. The average Bonchev–Trinajstić information content (AvgIpc) is 3.37. The molecule has 4 amide bonds. The largest absolute Gasteiger partial charge is 0.397 e. The van der Waals surface area contributed by atoms with E-state index in [9.17, 15) is 28.2 Å². The molecule has 10 heteroatoms. The van der Waals surface area contributed by atoms with Crippen LogP contribution in [0.2, 0.25) is 0 Å². The van der Waals surface area contributed by atoms with E-state index in [1.165, 1.54) is 67.7 Å². The molecular formula is C31H20N2O7S. The molecule has 9 nitrogen and oxygen atoms in total. The van der Waals surface area contributed by atoms with Gasteiger partial charge in [0.25, 0.3) is 23.6 Å². The molecule has 0 spiro atoms. The predicted molar refractivity (Wildman–Crippen MR) is 149 cm³/mol. The van der Waals surface area contributed by atoms with Gasteiger partial charge < -0.3 is 4.18 Å². The van der Waals surface area contributed by atoms with E-state index in [4.69, 9.17) is 4.18 Å². The summed E-state index contributed by atoms with van der Waals surface area (Å²) >= 11 is -1.81. The monoisotopic (exact) mass is 564 g/mol. The van der Waals surface area contributed by atoms with Gasteiger partial charge in [-0.1, -0.05) is 29.8 Å². The first-order valence-corrected chi connectivity index (χ1v) is 13.5. The topological polar surface area (TPSA) is 118 Å². The fourth-order valence-corrected chi connectivity index (χ4v) is 5.46. The van der Waals surface area contributed by atoms with E-state index < -0.39 is 40.5 Å². The number of ketones is 1. The van der Waals surface area contributed by atoms with Crippen LogP contribution in [0.5, 0.6) is 5.75 Å². The number of amides is 4. The van der Waals surface area contributed by atoms with Crippen molar-refractivity contribution in [3.8, 4) is 5.75 Å². The van der Waals surface area contributed by atoms with Gasteiger partial charge in [-0.3, -0.25) is 28.9 Å². The van der Waals surface area contributed by atoms with Crippen molar-refractivity contribution in [2.24, 2.45) is 0 Å². The lowest BCUT2D eigenvalue weighted by Gasteiger charge is -2.14. The lowest BCUT2D eigenvalue weighted by atomic mass is 9.96. The molecular weight excluding hydrogens is 544 g/mol. The predicted octanol–water partition coefficient (Wildman–Crippen LogP) is 4.35. The fourth-order valence-electron chi connectivity index (χ4n) is 4.72. The van der Waals surface area contributed by atoms with Gasteiger partial charge >= 0.3 is 0 Å². The van der Waals surface area contributed by atoms with Crippen molar-refractivity contribution in [1.29, 1.82) is 0 Å². The molecule has 202 valence electrons. The van der Waals surface area contributed by atoms with Gasteiger partial charge in [0.2, 0.25) is 11.1 Å². The zero-order chi connectivity index (χ0) is 29.0. The van der Waals surface area contributed by atoms with Gasteiger partial charge in [-0.2, -0.15) is 0 Å². The molecule has 1 unspecified atom stereocenters. The van der Waals surface area contributed by atoms with Crippen LogP contribution in [-0.4, -0.2) is 45.6 Å². The zero-order valence-electron chi connectivity index (χ0n) is 21.7. The van der Waals surface area contributed by atoms with Gasteiger partial charge in [-0.25, -0.2) is 9.11 Å². The highest BCUT2D eigenvalue weighted by Crippen LogP contribution is 2.31. The highest BCUT2D eigenvalue weighted by atomic mass is 32.2. The number of hydrogen-bond donors (Lipinski definition) is 0. The molecule has 2 heterocycles. The quantitative estimate of drug-likeness (QED) is 0.252. The number of nitrogens with zero attached hydrogens (tertiary/aromatic N) is 2. The first kappa shape index (κ1) is 26.0. The van der Waals surface area contributed by atoms with E-state index >= 15 is 0 Å². The van der Waals surface area contributed by atoms with Crippen molar-refractivity contribution in [2.75, 3.05) is 11.9 Å². The van der Waals surface area contributed by atoms with Gasteiger partial charge in [0.05, 0.1) is 32.8 Å². The summed E-state index contributed by atoms with van der Waals surface area (Å²) < 4.78 is 18.1. The maximum Gasteiger partial charge on any atom is 0.266 e. The zero-order valence-corrected chi connectivity index (χ0v) is 22.6. The molecule has 41 heavy (non-hydrogen) atoms. The molecule has 1 atom stereocenters. The molecule has 2 aliphatic rings. The maximum atomic E-state index is 13.3. The minimum absolute atomic E-state index is 0.0587. The van der Waals surface area contributed by atoms with Crippen LogP contribution in [0.3, 0.4) is 0 Å². The summed E-state index contributed by atoms with van der Waals surface area (Å²) in [6, 6.07) is 21.6. The molecule has 4 aromatic rings. The second-order valence-electron chi connectivity index (χ2n) is 9.59. The van der Waals surface area contributed by atoms with Crippen molar-refractivity contribution in [1.82, 2.24) is 4.90 Å². The smallest absolute Gasteiger partial charge is 0.266 e.